The van der Waals surface area contributed by atoms with Gasteiger partial charge in [0.1, 0.15) is 5.75 Å². The Morgan fingerprint density at radius 3 is 2.38 bits per heavy atom. The van der Waals surface area contributed by atoms with Crippen molar-refractivity contribution in [1.82, 2.24) is 14.8 Å². The molecule has 0 N–H and O–H groups in total. The molecule has 2 aliphatic rings. The van der Waals surface area contributed by atoms with E-state index in [2.05, 4.69) is 29.0 Å². The number of carbonyl (C=O) groups is 1. The average molecular weight is 393 g/mol. The van der Waals surface area contributed by atoms with Crippen LogP contribution in [0.4, 0.5) is 0 Å². The number of rotatable bonds is 5. The molecule has 2 aromatic rings. The van der Waals surface area contributed by atoms with Crippen LogP contribution in [0.3, 0.4) is 0 Å². The summed E-state index contributed by atoms with van der Waals surface area (Å²) in [6, 6.07) is 18.0. The van der Waals surface area contributed by atoms with Crippen molar-refractivity contribution in [3.63, 3.8) is 0 Å². The summed E-state index contributed by atoms with van der Waals surface area (Å²) in [6.07, 6.45) is 0.713. The zero-order valence-corrected chi connectivity index (χ0v) is 17.1. The van der Waals surface area contributed by atoms with Crippen LogP contribution in [0.1, 0.15) is 23.6 Å². The van der Waals surface area contributed by atoms with Gasteiger partial charge in [-0.25, -0.2) is 5.01 Å². The normalized spacial score (nSPS) is 20.6. The molecule has 0 aromatic heterocycles. The van der Waals surface area contributed by atoms with Crippen molar-refractivity contribution in [2.24, 2.45) is 5.10 Å². The van der Waals surface area contributed by atoms with E-state index >= 15 is 0 Å². The van der Waals surface area contributed by atoms with E-state index in [-0.39, 0.29) is 11.9 Å². The lowest BCUT2D eigenvalue weighted by Crippen LogP contribution is -2.48. The average Bonchev–Trinajstić information content (AvgIpc) is 3.22. The van der Waals surface area contributed by atoms with E-state index in [0.717, 1.165) is 48.8 Å². The Labute approximate surface area is 172 Å². The summed E-state index contributed by atoms with van der Waals surface area (Å²) in [5.74, 6) is 0.868. The summed E-state index contributed by atoms with van der Waals surface area (Å²) in [4.78, 5) is 17.7. The molecule has 152 valence electrons. The summed E-state index contributed by atoms with van der Waals surface area (Å²) >= 11 is 0. The minimum atomic E-state index is -0.0870. The van der Waals surface area contributed by atoms with Crippen LogP contribution in [0.25, 0.3) is 0 Å². The number of methoxy groups -OCH3 is 1. The van der Waals surface area contributed by atoms with Gasteiger partial charge in [-0.2, -0.15) is 5.10 Å². The first-order chi connectivity index (χ1) is 14.1. The standard InChI is InChI=1S/C23H28N4O2/c1-25-12-14-26(15-13-25)17-23(28)27-22(19-8-10-20(29-2)11-9-19)16-21(24-27)18-6-4-3-5-7-18/h3-11,22H,12-17H2,1-2H3/t22-/m0/s1. The van der Waals surface area contributed by atoms with E-state index in [9.17, 15) is 4.79 Å². The molecule has 1 amide bonds. The number of hydrazone groups is 1. The Morgan fingerprint density at radius 2 is 1.72 bits per heavy atom. The lowest BCUT2D eigenvalue weighted by molar-refractivity contribution is -0.134. The molecule has 1 fully saturated rings. The van der Waals surface area contributed by atoms with Gasteiger partial charge in [0, 0.05) is 32.6 Å². The van der Waals surface area contributed by atoms with Crippen LogP contribution in [0.5, 0.6) is 5.75 Å². The van der Waals surface area contributed by atoms with Crippen LogP contribution in [0.2, 0.25) is 0 Å². The smallest absolute Gasteiger partial charge is 0.257 e. The topological polar surface area (TPSA) is 48.4 Å². The van der Waals surface area contributed by atoms with Crippen molar-refractivity contribution in [3.8, 4) is 5.75 Å². The number of hydrogen-bond acceptors (Lipinski definition) is 5. The number of carbonyl (C=O) groups excluding carboxylic acids is 1. The van der Waals surface area contributed by atoms with Crippen LogP contribution in [0.15, 0.2) is 59.7 Å². The zero-order chi connectivity index (χ0) is 20.2. The van der Waals surface area contributed by atoms with Crippen molar-refractivity contribution in [1.29, 1.82) is 0 Å². The minimum absolute atomic E-state index is 0.0568. The number of benzene rings is 2. The van der Waals surface area contributed by atoms with E-state index in [0.29, 0.717) is 13.0 Å². The van der Waals surface area contributed by atoms with Gasteiger partial charge in [-0.3, -0.25) is 9.69 Å². The monoisotopic (exact) mass is 392 g/mol. The highest BCUT2D eigenvalue weighted by molar-refractivity contribution is 6.03. The number of piperazine rings is 1. The van der Waals surface area contributed by atoms with Crippen LogP contribution in [-0.2, 0) is 4.79 Å². The number of nitrogens with zero attached hydrogens (tertiary/aromatic N) is 4. The molecule has 4 rings (SSSR count). The second-order valence-corrected chi connectivity index (χ2v) is 7.72. The Morgan fingerprint density at radius 1 is 1.03 bits per heavy atom. The van der Waals surface area contributed by atoms with Gasteiger partial charge < -0.3 is 9.64 Å². The Hall–Kier alpha value is -2.70. The zero-order valence-electron chi connectivity index (χ0n) is 17.1. The summed E-state index contributed by atoms with van der Waals surface area (Å²) in [7, 11) is 3.78. The molecule has 6 heteroatoms. The molecule has 0 saturated carbocycles. The minimum Gasteiger partial charge on any atom is -0.497 e. The van der Waals surface area contributed by atoms with Gasteiger partial charge >= 0.3 is 0 Å². The molecule has 0 spiro atoms. The highest BCUT2D eigenvalue weighted by Gasteiger charge is 2.34. The predicted octanol–water partition coefficient (Wildman–Crippen LogP) is 2.62. The first-order valence-electron chi connectivity index (χ1n) is 10.1. The van der Waals surface area contributed by atoms with Crippen LogP contribution >= 0.6 is 0 Å². The van der Waals surface area contributed by atoms with Gasteiger partial charge in [0.15, 0.2) is 0 Å². The number of amides is 1. The Balaban J connectivity index is 1.56. The van der Waals surface area contributed by atoms with E-state index in [1.54, 1.807) is 12.1 Å². The summed E-state index contributed by atoms with van der Waals surface area (Å²) < 4.78 is 5.29. The molecule has 0 bridgehead atoms. The maximum Gasteiger partial charge on any atom is 0.257 e. The summed E-state index contributed by atoms with van der Waals surface area (Å²) in [5.41, 5.74) is 3.10. The van der Waals surface area contributed by atoms with Gasteiger partial charge in [0.25, 0.3) is 5.91 Å². The van der Waals surface area contributed by atoms with Crippen molar-refractivity contribution >= 4 is 11.6 Å². The Kier molecular flexibility index (Phi) is 5.92. The van der Waals surface area contributed by atoms with Gasteiger partial charge in [0.05, 0.1) is 25.4 Å². The first kappa shape index (κ1) is 19.6. The summed E-state index contributed by atoms with van der Waals surface area (Å²) in [5, 5.41) is 6.47. The number of ether oxygens (including phenoxy) is 1. The fourth-order valence-corrected chi connectivity index (χ4v) is 3.90. The second kappa shape index (κ2) is 8.76. The molecule has 29 heavy (non-hydrogen) atoms. The molecule has 0 unspecified atom stereocenters. The third-order valence-corrected chi connectivity index (χ3v) is 5.73. The molecule has 1 saturated heterocycles. The highest BCUT2D eigenvalue weighted by Crippen LogP contribution is 2.33. The van der Waals surface area contributed by atoms with Gasteiger partial charge in [-0.15, -0.1) is 0 Å². The molecule has 2 aromatic carbocycles. The molecule has 0 radical (unpaired) electrons. The number of hydrogen-bond donors (Lipinski definition) is 0. The molecular formula is C23H28N4O2. The van der Waals surface area contributed by atoms with Crippen LogP contribution < -0.4 is 4.74 Å². The largest absolute Gasteiger partial charge is 0.497 e. The van der Waals surface area contributed by atoms with E-state index in [1.165, 1.54) is 0 Å². The molecule has 0 aliphatic carbocycles. The fourth-order valence-electron chi connectivity index (χ4n) is 3.90. The lowest BCUT2D eigenvalue weighted by Gasteiger charge is -2.33. The molecule has 6 nitrogen and oxygen atoms in total. The van der Waals surface area contributed by atoms with Gasteiger partial charge in [-0.1, -0.05) is 42.5 Å². The maximum absolute atomic E-state index is 13.2. The van der Waals surface area contributed by atoms with Crippen molar-refractivity contribution in [2.45, 2.75) is 12.5 Å². The third kappa shape index (κ3) is 4.49. The van der Waals surface area contributed by atoms with E-state index < -0.39 is 0 Å². The maximum atomic E-state index is 13.2. The number of likely N-dealkylation sites (N-methyl/N-ethyl adjacent to an activating group) is 1. The first-order valence-corrected chi connectivity index (χ1v) is 10.1. The van der Waals surface area contributed by atoms with E-state index in [1.807, 2.05) is 42.5 Å². The quantitative estimate of drug-likeness (QED) is 0.785. The lowest BCUT2D eigenvalue weighted by atomic mass is 9.98. The second-order valence-electron chi connectivity index (χ2n) is 7.72. The van der Waals surface area contributed by atoms with E-state index in [4.69, 9.17) is 9.84 Å². The van der Waals surface area contributed by atoms with Crippen LogP contribution in [0, 0.1) is 0 Å². The Bertz CT molecular complexity index is 858. The van der Waals surface area contributed by atoms with Crippen LogP contribution in [-0.4, -0.2) is 73.3 Å². The third-order valence-electron chi connectivity index (χ3n) is 5.73. The molecule has 2 heterocycles. The van der Waals surface area contributed by atoms with Crippen molar-refractivity contribution < 1.29 is 9.53 Å². The predicted molar refractivity (Wildman–Crippen MR) is 114 cm³/mol. The summed E-state index contributed by atoms with van der Waals surface area (Å²) in [6.45, 7) is 4.23. The highest BCUT2D eigenvalue weighted by atomic mass is 16.5. The van der Waals surface area contributed by atoms with Crippen molar-refractivity contribution in [2.75, 3.05) is 46.9 Å². The molecular weight excluding hydrogens is 364 g/mol. The van der Waals surface area contributed by atoms with Gasteiger partial charge in [-0.05, 0) is 30.3 Å². The molecule has 1 atom stereocenters. The molecule has 2 aliphatic heterocycles. The SMILES string of the molecule is COc1ccc([C@@H]2CC(c3ccccc3)=NN2C(=O)CN2CCN(C)CC2)cc1. The van der Waals surface area contributed by atoms with Gasteiger partial charge in [0.2, 0.25) is 0 Å². The van der Waals surface area contributed by atoms with Crippen molar-refractivity contribution in [3.05, 3.63) is 65.7 Å². The fraction of sp³-hybridized carbons (Fsp3) is 0.391.